The van der Waals surface area contributed by atoms with Gasteiger partial charge in [0.25, 0.3) is 0 Å². The van der Waals surface area contributed by atoms with Crippen LogP contribution in [0.4, 0.5) is 0 Å². The summed E-state index contributed by atoms with van der Waals surface area (Å²) in [7, 11) is 0. The molecular weight excluding hydrogens is 439 g/mol. The number of benzene rings is 1. The Morgan fingerprint density at radius 2 is 2.15 bits per heavy atom. The molecule has 0 radical (unpaired) electrons. The van der Waals surface area contributed by atoms with Gasteiger partial charge in [-0.1, -0.05) is 43.7 Å². The summed E-state index contributed by atoms with van der Waals surface area (Å²) < 4.78 is 5.91. The van der Waals surface area contributed by atoms with E-state index in [2.05, 4.69) is 67.5 Å². The molecule has 0 saturated carbocycles. The van der Waals surface area contributed by atoms with Crippen LogP contribution in [0.3, 0.4) is 0 Å². The largest absolute Gasteiger partial charge is 0.374 e. The number of hydrogen-bond acceptors (Lipinski definition) is 3. The molecule has 1 aromatic rings. The molecule has 0 amide bonds. The number of halogens is 1. The van der Waals surface area contributed by atoms with Crippen molar-refractivity contribution in [2.45, 2.75) is 40.3 Å². The van der Waals surface area contributed by atoms with Crippen LogP contribution in [0.25, 0.3) is 0 Å². The number of aliphatic imine (C=N–C) groups is 1. The molecule has 0 spiro atoms. The van der Waals surface area contributed by atoms with Crippen LogP contribution < -0.4 is 10.6 Å². The molecule has 6 heteroatoms. The van der Waals surface area contributed by atoms with Crippen LogP contribution in [0, 0.1) is 12.8 Å². The Morgan fingerprint density at radius 1 is 1.35 bits per heavy atom. The first-order chi connectivity index (χ1) is 12.1. The summed E-state index contributed by atoms with van der Waals surface area (Å²) in [5.41, 5.74) is 2.50. The molecule has 1 saturated heterocycles. The summed E-state index contributed by atoms with van der Waals surface area (Å²) >= 11 is 0. The van der Waals surface area contributed by atoms with Crippen LogP contribution in [-0.4, -0.2) is 56.3 Å². The van der Waals surface area contributed by atoms with Crippen molar-refractivity contribution >= 4 is 29.9 Å². The summed E-state index contributed by atoms with van der Waals surface area (Å²) in [6.07, 6.45) is 0.218. The minimum atomic E-state index is 0. The average Bonchev–Trinajstić information content (AvgIpc) is 2.57. The normalized spacial score (nSPS) is 18.5. The summed E-state index contributed by atoms with van der Waals surface area (Å²) in [4.78, 5) is 7.20. The Morgan fingerprint density at radius 3 is 2.85 bits per heavy atom. The third kappa shape index (κ3) is 8.68. The van der Waals surface area contributed by atoms with Gasteiger partial charge in [0.15, 0.2) is 5.96 Å². The summed E-state index contributed by atoms with van der Waals surface area (Å²) in [5, 5.41) is 6.76. The van der Waals surface area contributed by atoms with Gasteiger partial charge in [-0.25, -0.2) is 4.99 Å². The molecule has 1 aliphatic rings. The number of nitrogens with zero attached hydrogens (tertiary/aromatic N) is 2. The van der Waals surface area contributed by atoms with E-state index >= 15 is 0 Å². The van der Waals surface area contributed by atoms with Crippen molar-refractivity contribution in [3.05, 3.63) is 35.4 Å². The van der Waals surface area contributed by atoms with E-state index in [0.29, 0.717) is 12.5 Å². The SMILES string of the molecule is CCNC(=NCc1cccc(C)c1)NCC1CN(CC(C)C)CCO1.I. The van der Waals surface area contributed by atoms with E-state index in [1.807, 2.05) is 0 Å². The van der Waals surface area contributed by atoms with Gasteiger partial charge in [0.1, 0.15) is 0 Å². The fourth-order valence-corrected chi connectivity index (χ4v) is 3.12. The monoisotopic (exact) mass is 474 g/mol. The van der Waals surface area contributed by atoms with E-state index in [1.165, 1.54) is 11.1 Å². The Balaban J connectivity index is 0.00000338. The van der Waals surface area contributed by atoms with Crippen LogP contribution in [0.15, 0.2) is 29.3 Å². The maximum atomic E-state index is 5.91. The maximum absolute atomic E-state index is 5.91. The summed E-state index contributed by atoms with van der Waals surface area (Å²) in [6.45, 7) is 15.0. The smallest absolute Gasteiger partial charge is 0.191 e. The van der Waals surface area contributed by atoms with Crippen LogP contribution in [0.2, 0.25) is 0 Å². The zero-order valence-corrected chi connectivity index (χ0v) is 19.0. The van der Waals surface area contributed by atoms with E-state index in [4.69, 9.17) is 9.73 Å². The van der Waals surface area contributed by atoms with Gasteiger partial charge in [0.2, 0.25) is 0 Å². The van der Waals surface area contributed by atoms with Crippen molar-refractivity contribution < 1.29 is 4.74 Å². The van der Waals surface area contributed by atoms with Crippen molar-refractivity contribution in [3.63, 3.8) is 0 Å². The highest BCUT2D eigenvalue weighted by atomic mass is 127. The summed E-state index contributed by atoms with van der Waals surface area (Å²) in [6, 6.07) is 8.49. The van der Waals surface area contributed by atoms with Crippen molar-refractivity contribution in [2.75, 3.05) is 39.3 Å². The van der Waals surface area contributed by atoms with Gasteiger partial charge in [0, 0.05) is 32.7 Å². The lowest BCUT2D eigenvalue weighted by Crippen LogP contribution is -2.50. The van der Waals surface area contributed by atoms with Gasteiger partial charge < -0.3 is 15.4 Å². The molecule has 5 nitrogen and oxygen atoms in total. The third-order valence-electron chi connectivity index (χ3n) is 4.19. The molecule has 1 heterocycles. The summed E-state index contributed by atoms with van der Waals surface area (Å²) in [5.74, 6) is 1.55. The van der Waals surface area contributed by atoms with Gasteiger partial charge in [0.05, 0.1) is 19.3 Å². The van der Waals surface area contributed by atoms with Crippen molar-refractivity contribution in [1.29, 1.82) is 0 Å². The second-order valence-corrected chi connectivity index (χ2v) is 7.21. The first kappa shape index (κ1) is 23.2. The van der Waals surface area contributed by atoms with E-state index < -0.39 is 0 Å². The Hall–Kier alpha value is -0.860. The zero-order chi connectivity index (χ0) is 18.1. The minimum Gasteiger partial charge on any atom is -0.374 e. The molecule has 148 valence electrons. The number of ether oxygens (including phenoxy) is 1. The highest BCUT2D eigenvalue weighted by Gasteiger charge is 2.21. The molecule has 1 fully saturated rings. The van der Waals surface area contributed by atoms with Gasteiger partial charge in [-0.3, -0.25) is 4.90 Å². The molecule has 1 unspecified atom stereocenters. The standard InChI is InChI=1S/C20H34N4O.HI/c1-5-21-20(22-12-18-8-6-7-17(4)11-18)23-13-19-15-24(9-10-25-19)14-16(2)3;/h6-8,11,16,19H,5,9-10,12-15H2,1-4H3,(H2,21,22,23);1H. The fourth-order valence-electron chi connectivity index (χ4n) is 3.12. The predicted octanol–water partition coefficient (Wildman–Crippen LogP) is 3.02. The number of aryl methyl sites for hydroxylation is 1. The first-order valence-corrected chi connectivity index (χ1v) is 9.48. The van der Waals surface area contributed by atoms with E-state index in [9.17, 15) is 0 Å². The van der Waals surface area contributed by atoms with E-state index in [-0.39, 0.29) is 30.1 Å². The molecule has 2 rings (SSSR count). The number of rotatable bonds is 7. The van der Waals surface area contributed by atoms with Crippen LogP contribution >= 0.6 is 24.0 Å². The third-order valence-corrected chi connectivity index (χ3v) is 4.19. The molecule has 26 heavy (non-hydrogen) atoms. The highest BCUT2D eigenvalue weighted by molar-refractivity contribution is 14.0. The second kappa shape index (κ2) is 12.5. The first-order valence-electron chi connectivity index (χ1n) is 9.48. The predicted molar refractivity (Wildman–Crippen MR) is 120 cm³/mol. The topological polar surface area (TPSA) is 48.9 Å². The lowest BCUT2D eigenvalue weighted by atomic mass is 10.1. The van der Waals surface area contributed by atoms with Gasteiger partial charge in [-0.05, 0) is 25.3 Å². The van der Waals surface area contributed by atoms with Crippen molar-refractivity contribution in [3.8, 4) is 0 Å². The number of morpholine rings is 1. The number of nitrogens with one attached hydrogen (secondary N) is 2. The van der Waals surface area contributed by atoms with Gasteiger partial charge in [-0.2, -0.15) is 0 Å². The van der Waals surface area contributed by atoms with Gasteiger partial charge in [-0.15, -0.1) is 24.0 Å². The Kier molecular flexibility index (Phi) is 11.2. The van der Waals surface area contributed by atoms with E-state index in [0.717, 1.165) is 45.3 Å². The maximum Gasteiger partial charge on any atom is 0.191 e. The molecule has 2 N–H and O–H groups in total. The molecule has 0 aliphatic carbocycles. The quantitative estimate of drug-likeness (QED) is 0.363. The molecule has 1 aliphatic heterocycles. The van der Waals surface area contributed by atoms with Crippen LogP contribution in [0.5, 0.6) is 0 Å². The molecule has 1 aromatic carbocycles. The van der Waals surface area contributed by atoms with E-state index in [1.54, 1.807) is 0 Å². The fraction of sp³-hybridized carbons (Fsp3) is 0.650. The number of hydrogen-bond donors (Lipinski definition) is 2. The molecule has 0 bridgehead atoms. The molecular formula is C20H35IN4O. The van der Waals surface area contributed by atoms with Crippen LogP contribution in [-0.2, 0) is 11.3 Å². The zero-order valence-electron chi connectivity index (χ0n) is 16.6. The molecule has 0 aromatic heterocycles. The van der Waals surface area contributed by atoms with Gasteiger partial charge >= 0.3 is 0 Å². The van der Waals surface area contributed by atoms with Crippen molar-refractivity contribution in [1.82, 2.24) is 15.5 Å². The molecule has 1 atom stereocenters. The van der Waals surface area contributed by atoms with Crippen molar-refractivity contribution in [2.24, 2.45) is 10.9 Å². The minimum absolute atomic E-state index is 0. The average molecular weight is 474 g/mol. The Labute approximate surface area is 176 Å². The lowest BCUT2D eigenvalue weighted by molar-refractivity contribution is -0.0284. The van der Waals surface area contributed by atoms with Crippen LogP contribution in [0.1, 0.15) is 31.9 Å². The number of guanidine groups is 1. The lowest BCUT2D eigenvalue weighted by Gasteiger charge is -2.34. The highest BCUT2D eigenvalue weighted by Crippen LogP contribution is 2.08. The second-order valence-electron chi connectivity index (χ2n) is 7.21. The Bertz CT molecular complexity index is 550.